The lowest BCUT2D eigenvalue weighted by Gasteiger charge is -2.39. The number of rotatable bonds is 7. The standard InChI is InChI=1S/C25H31F3N6O3S/c1-33-22-8-7-19(13-20(22)14-31-33)18-5-3-17(4-6-18)16-37-23-15-34(24-29-10-2-11-30-24)12-9-21(23)32-38(35,36)25(26,27)28/h2,7-8,10-11,13-14,17-18,21,23,32H,3-6,9,12,15-16H2,1H3/t17?,18?,21-,23+/m0/s1. The Kier molecular flexibility index (Phi) is 7.60. The second-order valence-corrected chi connectivity index (χ2v) is 11.8. The summed E-state index contributed by atoms with van der Waals surface area (Å²) in [5, 5.41) is 5.43. The Morgan fingerprint density at radius 1 is 1.11 bits per heavy atom. The summed E-state index contributed by atoms with van der Waals surface area (Å²) < 4.78 is 72.7. The molecule has 1 aliphatic heterocycles. The number of aryl methyl sites for hydroxylation is 1. The number of sulfonamides is 1. The van der Waals surface area contributed by atoms with Gasteiger partial charge in [0.15, 0.2) is 0 Å². The highest BCUT2D eigenvalue weighted by molar-refractivity contribution is 7.90. The molecule has 1 aliphatic carbocycles. The van der Waals surface area contributed by atoms with E-state index in [0.717, 1.165) is 36.6 Å². The summed E-state index contributed by atoms with van der Waals surface area (Å²) in [6, 6.07) is 7.13. The van der Waals surface area contributed by atoms with Gasteiger partial charge in [0.25, 0.3) is 0 Å². The number of halogens is 3. The monoisotopic (exact) mass is 552 g/mol. The van der Waals surface area contributed by atoms with Crippen LogP contribution in [0.3, 0.4) is 0 Å². The first-order chi connectivity index (χ1) is 18.1. The fraction of sp³-hybridized carbons (Fsp3) is 0.560. The minimum absolute atomic E-state index is 0.141. The van der Waals surface area contributed by atoms with Crippen LogP contribution in [0, 0.1) is 5.92 Å². The zero-order valence-electron chi connectivity index (χ0n) is 21.0. The molecule has 1 saturated carbocycles. The van der Waals surface area contributed by atoms with Gasteiger partial charge >= 0.3 is 15.5 Å². The van der Waals surface area contributed by atoms with Gasteiger partial charge in [-0.2, -0.15) is 18.3 Å². The number of hydrogen-bond donors (Lipinski definition) is 1. The maximum atomic E-state index is 13.1. The van der Waals surface area contributed by atoms with Crippen LogP contribution in [-0.2, 0) is 21.8 Å². The molecule has 1 aromatic carbocycles. The maximum Gasteiger partial charge on any atom is 0.511 e. The summed E-state index contributed by atoms with van der Waals surface area (Å²) in [4.78, 5) is 10.3. The molecule has 2 aliphatic rings. The van der Waals surface area contributed by atoms with E-state index >= 15 is 0 Å². The first-order valence-corrected chi connectivity index (χ1v) is 14.2. The van der Waals surface area contributed by atoms with Crippen molar-refractivity contribution in [1.29, 1.82) is 0 Å². The summed E-state index contributed by atoms with van der Waals surface area (Å²) in [7, 11) is -3.57. The van der Waals surface area contributed by atoms with E-state index < -0.39 is 27.7 Å². The third kappa shape index (κ3) is 5.79. The number of nitrogens with one attached hydrogen (secondary N) is 1. The van der Waals surface area contributed by atoms with Gasteiger partial charge in [0.1, 0.15) is 0 Å². The van der Waals surface area contributed by atoms with Gasteiger partial charge in [-0.25, -0.2) is 23.1 Å². The minimum atomic E-state index is -5.49. The molecule has 2 atom stereocenters. The van der Waals surface area contributed by atoms with Crippen LogP contribution in [0.1, 0.15) is 43.6 Å². The lowest BCUT2D eigenvalue weighted by atomic mass is 9.79. The molecule has 3 heterocycles. The predicted molar refractivity (Wildman–Crippen MR) is 136 cm³/mol. The maximum absolute atomic E-state index is 13.1. The molecule has 206 valence electrons. The van der Waals surface area contributed by atoms with Gasteiger partial charge in [-0.15, -0.1) is 0 Å². The molecule has 1 N–H and O–H groups in total. The van der Waals surface area contributed by atoms with E-state index in [-0.39, 0.29) is 18.9 Å². The summed E-state index contributed by atoms with van der Waals surface area (Å²) >= 11 is 0. The Balaban J connectivity index is 1.21. The quantitative estimate of drug-likeness (QED) is 0.477. The smallest absolute Gasteiger partial charge is 0.374 e. The Labute approximate surface area is 219 Å². The van der Waals surface area contributed by atoms with Crippen molar-refractivity contribution in [3.63, 3.8) is 0 Å². The third-order valence-corrected chi connectivity index (χ3v) is 8.86. The number of ether oxygens (including phenoxy) is 1. The summed E-state index contributed by atoms with van der Waals surface area (Å²) in [6.07, 6.45) is 8.23. The number of piperidine rings is 1. The highest BCUT2D eigenvalue weighted by Gasteiger charge is 2.48. The minimum Gasteiger partial charge on any atom is -0.374 e. The molecule has 0 amide bonds. The van der Waals surface area contributed by atoms with Gasteiger partial charge in [0.2, 0.25) is 5.95 Å². The van der Waals surface area contributed by atoms with Crippen molar-refractivity contribution >= 4 is 26.9 Å². The molecular weight excluding hydrogens is 521 g/mol. The van der Waals surface area contributed by atoms with Crippen LogP contribution in [-0.4, -0.2) is 65.5 Å². The van der Waals surface area contributed by atoms with Crippen LogP contribution >= 0.6 is 0 Å². The molecule has 9 nitrogen and oxygen atoms in total. The second-order valence-electron chi connectivity index (χ2n) is 10.1. The molecule has 5 rings (SSSR count). The number of nitrogens with zero attached hydrogens (tertiary/aromatic N) is 5. The zero-order chi connectivity index (χ0) is 26.9. The van der Waals surface area contributed by atoms with E-state index in [4.69, 9.17) is 4.74 Å². The first kappa shape index (κ1) is 26.8. The Hall–Kier alpha value is -2.77. The number of fused-ring (bicyclic) bond motifs is 1. The van der Waals surface area contributed by atoms with Crippen molar-refractivity contribution in [1.82, 2.24) is 24.5 Å². The molecule has 38 heavy (non-hydrogen) atoms. The van der Waals surface area contributed by atoms with E-state index in [9.17, 15) is 21.6 Å². The van der Waals surface area contributed by atoms with E-state index in [1.807, 2.05) is 27.5 Å². The Morgan fingerprint density at radius 2 is 1.84 bits per heavy atom. The fourth-order valence-corrected chi connectivity index (χ4v) is 6.28. The van der Waals surface area contributed by atoms with Crippen LogP contribution < -0.4 is 9.62 Å². The molecule has 2 aromatic heterocycles. The van der Waals surface area contributed by atoms with Gasteiger partial charge in [0.05, 0.1) is 23.9 Å². The highest BCUT2D eigenvalue weighted by Crippen LogP contribution is 2.37. The van der Waals surface area contributed by atoms with Gasteiger partial charge in [-0.3, -0.25) is 4.68 Å². The van der Waals surface area contributed by atoms with Crippen molar-refractivity contribution in [2.24, 2.45) is 13.0 Å². The average molecular weight is 553 g/mol. The zero-order valence-corrected chi connectivity index (χ0v) is 21.8. The summed E-state index contributed by atoms with van der Waals surface area (Å²) in [6.45, 7) is 0.851. The van der Waals surface area contributed by atoms with Gasteiger partial charge < -0.3 is 9.64 Å². The highest BCUT2D eigenvalue weighted by atomic mass is 32.2. The Bertz CT molecular complexity index is 1340. The van der Waals surface area contributed by atoms with Gasteiger partial charge in [-0.05, 0) is 67.7 Å². The second kappa shape index (κ2) is 10.8. The van der Waals surface area contributed by atoms with Crippen LogP contribution in [0.15, 0.2) is 42.9 Å². The van der Waals surface area contributed by atoms with Crippen LogP contribution in [0.25, 0.3) is 10.9 Å². The topological polar surface area (TPSA) is 102 Å². The molecule has 2 fully saturated rings. The predicted octanol–water partition coefficient (Wildman–Crippen LogP) is 3.74. The average Bonchev–Trinajstić information content (AvgIpc) is 3.28. The number of benzene rings is 1. The van der Waals surface area contributed by atoms with Crippen molar-refractivity contribution in [3.05, 3.63) is 48.4 Å². The number of alkyl halides is 3. The van der Waals surface area contributed by atoms with Crippen LogP contribution in [0.4, 0.5) is 19.1 Å². The molecule has 0 unspecified atom stereocenters. The molecule has 0 radical (unpaired) electrons. The van der Waals surface area contributed by atoms with Crippen LogP contribution in [0.2, 0.25) is 0 Å². The van der Waals surface area contributed by atoms with Gasteiger partial charge in [-0.1, -0.05) is 6.07 Å². The van der Waals surface area contributed by atoms with Crippen molar-refractivity contribution < 1.29 is 26.3 Å². The normalized spacial score (nSPS) is 25.1. The molecule has 0 bridgehead atoms. The van der Waals surface area contributed by atoms with E-state index in [2.05, 4.69) is 33.3 Å². The first-order valence-electron chi connectivity index (χ1n) is 12.7. The number of aromatic nitrogens is 4. The fourth-order valence-electron chi connectivity index (χ4n) is 5.48. The molecule has 3 aromatic rings. The van der Waals surface area contributed by atoms with E-state index in [1.54, 1.807) is 18.5 Å². The SMILES string of the molecule is Cn1ncc2cc(C3CCC(CO[C@@H]4CN(c5ncccn5)CC[C@@H]4NS(=O)(=O)C(F)(F)F)CC3)ccc21. The lowest BCUT2D eigenvalue weighted by Crippen LogP contribution is -2.57. The molecule has 1 saturated heterocycles. The molecule has 0 spiro atoms. The molecule has 13 heteroatoms. The Morgan fingerprint density at radius 3 is 2.55 bits per heavy atom. The third-order valence-electron chi connectivity index (χ3n) is 7.64. The van der Waals surface area contributed by atoms with Crippen molar-refractivity contribution in [3.8, 4) is 0 Å². The van der Waals surface area contributed by atoms with Crippen molar-refractivity contribution in [2.45, 2.75) is 55.7 Å². The largest absolute Gasteiger partial charge is 0.511 e. The lowest BCUT2D eigenvalue weighted by molar-refractivity contribution is -0.0470. The van der Waals surface area contributed by atoms with Gasteiger partial charge in [0, 0.05) is 44.5 Å². The van der Waals surface area contributed by atoms with E-state index in [0.29, 0.717) is 25.0 Å². The number of hydrogen-bond acceptors (Lipinski definition) is 7. The van der Waals surface area contributed by atoms with Crippen molar-refractivity contribution in [2.75, 3.05) is 24.6 Å². The van der Waals surface area contributed by atoms with Crippen LogP contribution in [0.5, 0.6) is 0 Å². The van der Waals surface area contributed by atoms with E-state index in [1.165, 1.54) is 5.56 Å². The summed E-state index contributed by atoms with van der Waals surface area (Å²) in [5.41, 5.74) is -3.00. The summed E-state index contributed by atoms with van der Waals surface area (Å²) in [5.74, 6) is 1.11. The molecular formula is C25H31F3N6O3S. The number of anilines is 1.